The third kappa shape index (κ3) is 4.05. The topological polar surface area (TPSA) is 72.7 Å². The van der Waals surface area contributed by atoms with E-state index in [-0.39, 0.29) is 11.3 Å². The Kier molecular flexibility index (Phi) is 5.81. The van der Waals surface area contributed by atoms with Crippen LogP contribution in [0, 0.1) is 10.1 Å². The first kappa shape index (κ1) is 17.8. The summed E-state index contributed by atoms with van der Waals surface area (Å²) in [6.07, 6.45) is 2.01. The van der Waals surface area contributed by atoms with Crippen LogP contribution in [-0.4, -0.2) is 31.3 Å². The first-order valence-corrected chi connectivity index (χ1v) is 8.39. The summed E-state index contributed by atoms with van der Waals surface area (Å²) < 4.78 is 4.75. The van der Waals surface area contributed by atoms with Crippen LogP contribution in [0.4, 0.5) is 11.4 Å². The van der Waals surface area contributed by atoms with Gasteiger partial charge in [-0.1, -0.05) is 12.1 Å². The fraction of sp³-hybridized carbons (Fsp3) is 0.235. The molecule has 0 saturated carbocycles. The minimum Gasteiger partial charge on any atom is -0.465 e. The van der Waals surface area contributed by atoms with E-state index < -0.39 is 10.9 Å². The Morgan fingerprint density at radius 3 is 2.46 bits per heavy atom. The zero-order valence-corrected chi connectivity index (χ0v) is 14.5. The number of carbonyl (C=O) groups excluding carboxylic acids is 1. The van der Waals surface area contributed by atoms with E-state index in [2.05, 4.69) is 0 Å². The maximum absolute atomic E-state index is 12.0. The van der Waals surface area contributed by atoms with Gasteiger partial charge in [-0.2, -0.15) is 0 Å². The van der Waals surface area contributed by atoms with Gasteiger partial charge in [0.25, 0.3) is 5.69 Å². The van der Waals surface area contributed by atoms with Gasteiger partial charge in [-0.25, -0.2) is 4.79 Å². The predicted octanol–water partition coefficient (Wildman–Crippen LogP) is 3.74. The average molecular weight is 346 g/mol. The van der Waals surface area contributed by atoms with Crippen molar-refractivity contribution in [1.82, 2.24) is 0 Å². The number of nitro groups is 1. The molecule has 0 aliphatic heterocycles. The lowest BCUT2D eigenvalue weighted by Crippen LogP contribution is -2.20. The highest BCUT2D eigenvalue weighted by atomic mass is 32.2. The lowest BCUT2D eigenvalue weighted by molar-refractivity contribution is -0.384. The molecule has 24 heavy (non-hydrogen) atoms. The molecule has 0 aliphatic rings. The summed E-state index contributed by atoms with van der Waals surface area (Å²) >= 11 is 1.67. The number of carbonyl (C=O) groups is 1. The molecule has 2 aromatic rings. The highest BCUT2D eigenvalue weighted by Crippen LogP contribution is 2.27. The van der Waals surface area contributed by atoms with E-state index in [4.69, 9.17) is 4.74 Å². The van der Waals surface area contributed by atoms with Crippen LogP contribution in [0.5, 0.6) is 0 Å². The SMILES string of the molecule is COC(=O)c1cc([N+](=O)[O-])ccc1N(C)Cc1ccc(SC)cc1. The average Bonchev–Trinajstić information content (AvgIpc) is 2.61. The largest absolute Gasteiger partial charge is 0.465 e. The van der Waals surface area contributed by atoms with Crippen LogP contribution in [0.2, 0.25) is 0 Å². The van der Waals surface area contributed by atoms with Gasteiger partial charge < -0.3 is 9.64 Å². The maximum Gasteiger partial charge on any atom is 0.340 e. The van der Waals surface area contributed by atoms with Gasteiger partial charge in [-0.15, -0.1) is 11.8 Å². The number of thioether (sulfide) groups is 1. The third-order valence-electron chi connectivity index (χ3n) is 3.59. The Labute approximate surface area is 144 Å². The molecule has 126 valence electrons. The van der Waals surface area contributed by atoms with Crippen LogP contribution < -0.4 is 4.90 Å². The Morgan fingerprint density at radius 2 is 1.92 bits per heavy atom. The van der Waals surface area contributed by atoms with Gasteiger partial charge in [0, 0.05) is 30.6 Å². The van der Waals surface area contributed by atoms with Crippen LogP contribution in [0.15, 0.2) is 47.4 Å². The van der Waals surface area contributed by atoms with Gasteiger partial charge in [-0.05, 0) is 30.0 Å². The van der Waals surface area contributed by atoms with Crippen LogP contribution in [0.1, 0.15) is 15.9 Å². The van der Waals surface area contributed by atoms with Crippen molar-refractivity contribution in [1.29, 1.82) is 0 Å². The second-order valence-corrected chi connectivity index (χ2v) is 6.03. The van der Waals surface area contributed by atoms with E-state index in [0.29, 0.717) is 12.2 Å². The molecule has 0 amide bonds. The maximum atomic E-state index is 12.0. The van der Waals surface area contributed by atoms with E-state index in [1.165, 1.54) is 24.1 Å². The van der Waals surface area contributed by atoms with Crippen LogP contribution >= 0.6 is 11.8 Å². The van der Waals surface area contributed by atoms with Crippen molar-refractivity contribution in [2.75, 3.05) is 25.3 Å². The molecule has 0 fully saturated rings. The van der Waals surface area contributed by atoms with Crippen molar-refractivity contribution in [3.63, 3.8) is 0 Å². The lowest BCUT2D eigenvalue weighted by Gasteiger charge is -2.21. The van der Waals surface area contributed by atoms with Crippen LogP contribution in [0.3, 0.4) is 0 Å². The number of methoxy groups -OCH3 is 1. The molecule has 0 saturated heterocycles. The molecule has 2 aromatic carbocycles. The van der Waals surface area contributed by atoms with Crippen molar-refractivity contribution in [3.05, 3.63) is 63.7 Å². The quantitative estimate of drug-likeness (QED) is 0.343. The number of ether oxygens (including phenoxy) is 1. The van der Waals surface area contributed by atoms with Gasteiger partial charge in [0.1, 0.15) is 0 Å². The van der Waals surface area contributed by atoms with E-state index in [1.54, 1.807) is 17.8 Å². The Hall–Kier alpha value is -2.54. The van der Waals surface area contributed by atoms with Crippen molar-refractivity contribution in [2.45, 2.75) is 11.4 Å². The van der Waals surface area contributed by atoms with Gasteiger partial charge >= 0.3 is 5.97 Å². The molecule has 6 nitrogen and oxygen atoms in total. The Bertz CT molecular complexity index is 747. The van der Waals surface area contributed by atoms with Crippen LogP contribution in [0.25, 0.3) is 0 Å². The fourth-order valence-electron chi connectivity index (χ4n) is 2.33. The highest BCUT2D eigenvalue weighted by Gasteiger charge is 2.19. The van der Waals surface area contributed by atoms with E-state index in [1.807, 2.05) is 42.5 Å². The Balaban J connectivity index is 2.31. The summed E-state index contributed by atoms with van der Waals surface area (Å²) in [6, 6.07) is 12.3. The number of hydrogen-bond donors (Lipinski definition) is 0. The smallest absolute Gasteiger partial charge is 0.340 e. The monoisotopic (exact) mass is 346 g/mol. The molecule has 0 radical (unpaired) electrons. The number of benzene rings is 2. The van der Waals surface area contributed by atoms with E-state index >= 15 is 0 Å². The molecule has 0 spiro atoms. The number of nitrogens with zero attached hydrogens (tertiary/aromatic N) is 2. The molecule has 0 unspecified atom stereocenters. The fourth-order valence-corrected chi connectivity index (χ4v) is 2.74. The molecule has 0 heterocycles. The molecule has 0 aliphatic carbocycles. The third-order valence-corrected chi connectivity index (χ3v) is 4.33. The number of non-ortho nitro benzene ring substituents is 1. The lowest BCUT2D eigenvalue weighted by atomic mass is 10.1. The van der Waals surface area contributed by atoms with Crippen LogP contribution in [-0.2, 0) is 11.3 Å². The van der Waals surface area contributed by atoms with Crippen molar-refractivity contribution < 1.29 is 14.5 Å². The molecule has 0 aromatic heterocycles. The van der Waals surface area contributed by atoms with E-state index in [9.17, 15) is 14.9 Å². The normalized spacial score (nSPS) is 10.3. The minimum atomic E-state index is -0.599. The first-order valence-electron chi connectivity index (χ1n) is 7.17. The summed E-state index contributed by atoms with van der Waals surface area (Å²) in [6.45, 7) is 0.566. The Morgan fingerprint density at radius 1 is 1.25 bits per heavy atom. The van der Waals surface area contributed by atoms with Crippen molar-refractivity contribution >= 4 is 29.1 Å². The summed E-state index contributed by atoms with van der Waals surface area (Å²) in [5.74, 6) is -0.599. The number of hydrogen-bond acceptors (Lipinski definition) is 6. The molecular weight excluding hydrogens is 328 g/mol. The van der Waals surface area contributed by atoms with Crippen molar-refractivity contribution in [2.24, 2.45) is 0 Å². The zero-order valence-electron chi connectivity index (χ0n) is 13.7. The number of nitro benzene ring substituents is 1. The molecule has 2 rings (SSSR count). The van der Waals surface area contributed by atoms with E-state index in [0.717, 1.165) is 5.56 Å². The predicted molar refractivity (Wildman–Crippen MR) is 94.8 cm³/mol. The zero-order chi connectivity index (χ0) is 17.7. The summed E-state index contributed by atoms with van der Waals surface area (Å²) in [5, 5.41) is 10.9. The highest BCUT2D eigenvalue weighted by molar-refractivity contribution is 7.98. The molecule has 0 atom stereocenters. The second kappa shape index (κ2) is 7.83. The standard InChI is InChI=1S/C17H18N2O4S/c1-18(11-12-4-7-14(24-3)8-5-12)16-9-6-13(19(21)22)10-15(16)17(20)23-2/h4-10H,11H2,1-3H3. The van der Waals surface area contributed by atoms with Gasteiger partial charge in [-0.3, -0.25) is 10.1 Å². The number of anilines is 1. The van der Waals surface area contributed by atoms with Crippen molar-refractivity contribution in [3.8, 4) is 0 Å². The number of esters is 1. The molecular formula is C17H18N2O4S. The summed E-state index contributed by atoms with van der Waals surface area (Å²) in [4.78, 5) is 25.4. The second-order valence-electron chi connectivity index (χ2n) is 5.15. The van der Waals surface area contributed by atoms with Gasteiger partial charge in [0.15, 0.2) is 0 Å². The molecule has 0 bridgehead atoms. The minimum absolute atomic E-state index is 0.142. The molecule has 0 N–H and O–H groups in total. The summed E-state index contributed by atoms with van der Waals surface area (Å²) in [7, 11) is 3.09. The summed E-state index contributed by atoms with van der Waals surface area (Å²) in [5.41, 5.74) is 1.69. The van der Waals surface area contributed by atoms with Gasteiger partial charge in [0.05, 0.1) is 23.3 Å². The first-order chi connectivity index (χ1) is 11.5. The number of rotatable bonds is 6. The van der Waals surface area contributed by atoms with Gasteiger partial charge in [0.2, 0.25) is 0 Å². The molecule has 7 heteroatoms.